The molecule has 5 nitrogen and oxygen atoms in total. The van der Waals surface area contributed by atoms with Gasteiger partial charge in [-0.1, -0.05) is 6.92 Å². The predicted octanol–water partition coefficient (Wildman–Crippen LogP) is 1.66. The summed E-state index contributed by atoms with van der Waals surface area (Å²) in [6.45, 7) is 5.04. The van der Waals surface area contributed by atoms with Gasteiger partial charge in [-0.05, 0) is 25.1 Å². The van der Waals surface area contributed by atoms with Crippen molar-refractivity contribution in [1.29, 1.82) is 0 Å². The van der Waals surface area contributed by atoms with Gasteiger partial charge in [0.1, 0.15) is 12.4 Å². The zero-order chi connectivity index (χ0) is 14.0. The van der Waals surface area contributed by atoms with Gasteiger partial charge in [-0.25, -0.2) is 4.98 Å². The Labute approximate surface area is 113 Å². The van der Waals surface area contributed by atoms with Gasteiger partial charge in [-0.15, -0.1) is 0 Å². The van der Waals surface area contributed by atoms with Crippen LogP contribution in [-0.4, -0.2) is 34.0 Å². The van der Waals surface area contributed by atoms with Crippen molar-refractivity contribution in [2.45, 2.75) is 26.8 Å². The molecule has 1 heterocycles. The number of fused-ring (bicyclic) bond motifs is 1. The monoisotopic (exact) mass is 260 g/mol. The number of nitrogens with zero attached hydrogens (tertiary/aromatic N) is 3. The van der Waals surface area contributed by atoms with E-state index in [4.69, 9.17) is 5.73 Å². The summed E-state index contributed by atoms with van der Waals surface area (Å²) < 4.78 is 1.98. The number of carbonyl (C=O) groups excluding carboxylic acids is 1. The van der Waals surface area contributed by atoms with Crippen molar-refractivity contribution >= 4 is 22.6 Å². The molecule has 2 aromatic rings. The van der Waals surface area contributed by atoms with E-state index < -0.39 is 0 Å². The lowest BCUT2D eigenvalue weighted by Gasteiger charge is -2.16. The number of nitrogen functional groups attached to an aromatic ring is 1. The summed E-state index contributed by atoms with van der Waals surface area (Å²) in [7, 11) is 1.81. The van der Waals surface area contributed by atoms with Crippen LogP contribution in [0.5, 0.6) is 0 Å². The van der Waals surface area contributed by atoms with E-state index in [1.54, 1.807) is 4.90 Å². The highest BCUT2D eigenvalue weighted by atomic mass is 16.2. The van der Waals surface area contributed by atoms with E-state index in [0.29, 0.717) is 18.8 Å². The van der Waals surface area contributed by atoms with Crippen molar-refractivity contribution in [2.24, 2.45) is 0 Å². The fraction of sp³-hybridized carbons (Fsp3) is 0.429. The second kappa shape index (κ2) is 5.30. The van der Waals surface area contributed by atoms with Crippen LogP contribution < -0.4 is 5.73 Å². The molecular weight excluding hydrogens is 240 g/mol. The first kappa shape index (κ1) is 13.4. The van der Waals surface area contributed by atoms with E-state index in [1.165, 1.54) is 0 Å². The molecule has 5 heteroatoms. The van der Waals surface area contributed by atoms with E-state index in [0.717, 1.165) is 23.3 Å². The Morgan fingerprint density at radius 3 is 2.79 bits per heavy atom. The molecule has 0 fully saturated rings. The van der Waals surface area contributed by atoms with Crippen LogP contribution in [-0.2, 0) is 17.8 Å². The molecule has 0 spiro atoms. The largest absolute Gasteiger partial charge is 0.399 e. The molecule has 0 aliphatic rings. The summed E-state index contributed by atoms with van der Waals surface area (Å²) in [5, 5.41) is 0. The van der Waals surface area contributed by atoms with Gasteiger partial charge >= 0.3 is 0 Å². The summed E-state index contributed by atoms with van der Waals surface area (Å²) in [4.78, 5) is 18.3. The molecule has 0 aliphatic carbocycles. The second-order valence-electron chi connectivity index (χ2n) is 4.62. The highest BCUT2D eigenvalue weighted by Crippen LogP contribution is 2.19. The summed E-state index contributed by atoms with van der Waals surface area (Å²) in [5.74, 6) is 1.01. The lowest BCUT2D eigenvalue weighted by Crippen LogP contribution is -2.30. The Morgan fingerprint density at radius 1 is 1.42 bits per heavy atom. The number of benzene rings is 1. The third-order valence-electron chi connectivity index (χ3n) is 3.36. The standard InChI is InChI=1S/C14H20N4O/c1-4-13-16-11-8-10(15)6-7-12(11)18(13)9-14(19)17(3)5-2/h6-8H,4-5,9,15H2,1-3H3. The molecule has 2 N–H and O–H groups in total. The summed E-state index contributed by atoms with van der Waals surface area (Å²) in [5.41, 5.74) is 8.28. The number of rotatable bonds is 4. The van der Waals surface area contributed by atoms with E-state index in [-0.39, 0.29) is 5.91 Å². The zero-order valence-electron chi connectivity index (χ0n) is 11.7. The van der Waals surface area contributed by atoms with Crippen LogP contribution in [0.25, 0.3) is 11.0 Å². The number of likely N-dealkylation sites (N-methyl/N-ethyl adjacent to an activating group) is 1. The third-order valence-corrected chi connectivity index (χ3v) is 3.36. The van der Waals surface area contributed by atoms with E-state index in [9.17, 15) is 4.79 Å². The number of hydrogen-bond acceptors (Lipinski definition) is 3. The van der Waals surface area contributed by atoms with Gasteiger partial charge in [-0.3, -0.25) is 4.79 Å². The van der Waals surface area contributed by atoms with Crippen LogP contribution in [0.1, 0.15) is 19.7 Å². The minimum Gasteiger partial charge on any atom is -0.399 e. The van der Waals surface area contributed by atoms with Crippen LogP contribution in [0.15, 0.2) is 18.2 Å². The molecule has 19 heavy (non-hydrogen) atoms. The average molecular weight is 260 g/mol. The zero-order valence-corrected chi connectivity index (χ0v) is 11.7. The van der Waals surface area contributed by atoms with Crippen molar-refractivity contribution < 1.29 is 4.79 Å². The molecule has 0 aliphatic heterocycles. The van der Waals surface area contributed by atoms with Gasteiger partial charge in [0.25, 0.3) is 0 Å². The molecule has 1 aromatic carbocycles. The number of carbonyl (C=O) groups is 1. The Balaban J connectivity index is 2.43. The van der Waals surface area contributed by atoms with Gasteiger partial charge < -0.3 is 15.2 Å². The summed E-state index contributed by atoms with van der Waals surface area (Å²) >= 11 is 0. The van der Waals surface area contributed by atoms with Gasteiger partial charge in [-0.2, -0.15) is 0 Å². The number of anilines is 1. The molecule has 0 radical (unpaired) electrons. The molecule has 102 valence electrons. The second-order valence-corrected chi connectivity index (χ2v) is 4.62. The molecule has 2 rings (SSSR count). The first-order valence-electron chi connectivity index (χ1n) is 6.55. The van der Waals surface area contributed by atoms with Crippen LogP contribution in [0, 0.1) is 0 Å². The molecule has 0 unspecified atom stereocenters. The summed E-state index contributed by atoms with van der Waals surface area (Å²) in [6, 6.07) is 5.61. The van der Waals surface area contributed by atoms with E-state index in [2.05, 4.69) is 4.98 Å². The van der Waals surface area contributed by atoms with Crippen molar-refractivity contribution in [3.05, 3.63) is 24.0 Å². The first-order chi connectivity index (χ1) is 9.06. The first-order valence-corrected chi connectivity index (χ1v) is 6.55. The Kier molecular flexibility index (Phi) is 3.74. The minimum absolute atomic E-state index is 0.0910. The van der Waals surface area contributed by atoms with Gasteiger partial charge in [0.05, 0.1) is 11.0 Å². The quantitative estimate of drug-likeness (QED) is 0.850. The highest BCUT2D eigenvalue weighted by Gasteiger charge is 2.14. The van der Waals surface area contributed by atoms with Crippen LogP contribution >= 0.6 is 0 Å². The maximum atomic E-state index is 12.1. The maximum absolute atomic E-state index is 12.1. The summed E-state index contributed by atoms with van der Waals surface area (Å²) in [6.07, 6.45) is 0.789. The molecule has 1 aromatic heterocycles. The average Bonchev–Trinajstić information content (AvgIpc) is 2.74. The number of aryl methyl sites for hydroxylation is 1. The smallest absolute Gasteiger partial charge is 0.242 e. The topological polar surface area (TPSA) is 64.1 Å². The van der Waals surface area contributed by atoms with Crippen LogP contribution in [0.3, 0.4) is 0 Å². The van der Waals surface area contributed by atoms with Crippen LogP contribution in [0.2, 0.25) is 0 Å². The van der Waals surface area contributed by atoms with Gasteiger partial charge in [0, 0.05) is 25.7 Å². The number of amides is 1. The lowest BCUT2D eigenvalue weighted by atomic mass is 10.3. The minimum atomic E-state index is 0.0910. The highest BCUT2D eigenvalue weighted by molar-refractivity contribution is 5.83. The SMILES string of the molecule is CCc1nc2cc(N)ccc2n1CC(=O)N(C)CC. The molecule has 1 amide bonds. The van der Waals surface area contributed by atoms with Crippen molar-refractivity contribution in [3.63, 3.8) is 0 Å². The van der Waals surface area contributed by atoms with Crippen molar-refractivity contribution in [2.75, 3.05) is 19.3 Å². The molecule has 0 saturated heterocycles. The number of nitrogens with two attached hydrogens (primary N) is 1. The Morgan fingerprint density at radius 2 is 2.16 bits per heavy atom. The lowest BCUT2D eigenvalue weighted by molar-refractivity contribution is -0.130. The molecule has 0 saturated carbocycles. The molecular formula is C14H20N4O. The van der Waals surface area contributed by atoms with Crippen molar-refractivity contribution in [3.8, 4) is 0 Å². The number of hydrogen-bond donors (Lipinski definition) is 1. The number of aromatic nitrogens is 2. The van der Waals surface area contributed by atoms with Crippen molar-refractivity contribution in [1.82, 2.24) is 14.5 Å². The van der Waals surface area contributed by atoms with Crippen LogP contribution in [0.4, 0.5) is 5.69 Å². The Hall–Kier alpha value is -2.04. The fourth-order valence-corrected chi connectivity index (χ4v) is 2.08. The normalized spacial score (nSPS) is 10.9. The molecule has 0 atom stereocenters. The Bertz CT molecular complexity index is 603. The maximum Gasteiger partial charge on any atom is 0.242 e. The van der Waals surface area contributed by atoms with E-state index >= 15 is 0 Å². The predicted molar refractivity (Wildman–Crippen MR) is 76.8 cm³/mol. The molecule has 0 bridgehead atoms. The number of imidazole rings is 1. The van der Waals surface area contributed by atoms with E-state index in [1.807, 2.05) is 43.7 Å². The van der Waals surface area contributed by atoms with Gasteiger partial charge in [0.15, 0.2) is 0 Å². The fourth-order valence-electron chi connectivity index (χ4n) is 2.08. The third kappa shape index (κ3) is 2.54. The van der Waals surface area contributed by atoms with Gasteiger partial charge in [0.2, 0.25) is 5.91 Å².